The van der Waals surface area contributed by atoms with Gasteiger partial charge in [0.2, 0.25) is 5.91 Å². The first kappa shape index (κ1) is 19.1. The lowest BCUT2D eigenvalue weighted by Gasteiger charge is -2.19. The van der Waals surface area contributed by atoms with Crippen LogP contribution in [0, 0.1) is 0 Å². The highest BCUT2D eigenvalue weighted by Crippen LogP contribution is 2.41. The van der Waals surface area contributed by atoms with E-state index in [2.05, 4.69) is 4.72 Å². The molecule has 142 valence electrons. The molecule has 0 atom stereocenters. The lowest BCUT2D eigenvalue weighted by molar-refractivity contribution is -0.116. The number of sulfonamides is 1. The zero-order valence-electron chi connectivity index (χ0n) is 15.7. The van der Waals surface area contributed by atoms with Crippen LogP contribution in [0.15, 0.2) is 47.4 Å². The summed E-state index contributed by atoms with van der Waals surface area (Å²) in [5, 5.41) is 0. The Bertz CT molecular complexity index is 1040. The molecule has 3 rings (SSSR count). The molecule has 1 aliphatic heterocycles. The molecule has 1 heterocycles. The molecular formula is C20H22N2O4S. The van der Waals surface area contributed by atoms with E-state index in [1.165, 1.54) is 26.0 Å². The maximum Gasteiger partial charge on any atom is 0.261 e. The van der Waals surface area contributed by atoms with Crippen molar-refractivity contribution >= 4 is 33.1 Å². The Labute approximate surface area is 159 Å². The Morgan fingerprint density at radius 1 is 1.07 bits per heavy atom. The predicted molar refractivity (Wildman–Crippen MR) is 105 cm³/mol. The zero-order valence-corrected chi connectivity index (χ0v) is 16.6. The molecule has 0 radical (unpaired) electrons. The van der Waals surface area contributed by atoms with Crippen LogP contribution in [-0.2, 0) is 20.2 Å². The minimum atomic E-state index is -3.83. The van der Waals surface area contributed by atoms with Crippen LogP contribution in [0.25, 0.3) is 0 Å². The second-order valence-corrected chi connectivity index (χ2v) is 9.09. The van der Waals surface area contributed by atoms with Crippen molar-refractivity contribution in [2.45, 2.75) is 38.0 Å². The molecule has 2 aromatic rings. The molecule has 1 amide bonds. The number of nitrogens with zero attached hydrogens (tertiary/aromatic N) is 1. The van der Waals surface area contributed by atoms with Crippen molar-refractivity contribution in [3.63, 3.8) is 0 Å². The molecule has 1 N–H and O–H groups in total. The quantitative estimate of drug-likeness (QED) is 0.817. The number of hydrogen-bond acceptors (Lipinski definition) is 4. The minimum Gasteiger partial charge on any atom is -0.311 e. The predicted octanol–water partition coefficient (Wildman–Crippen LogP) is 3.33. The molecule has 1 aliphatic rings. The Hall–Kier alpha value is -2.67. The van der Waals surface area contributed by atoms with E-state index < -0.39 is 10.0 Å². The molecule has 0 aromatic heterocycles. The van der Waals surface area contributed by atoms with E-state index in [9.17, 15) is 18.0 Å². The van der Waals surface area contributed by atoms with Gasteiger partial charge in [0, 0.05) is 35.8 Å². The van der Waals surface area contributed by atoms with Crippen molar-refractivity contribution in [1.29, 1.82) is 0 Å². The number of ketones is 1. The van der Waals surface area contributed by atoms with E-state index in [1.54, 1.807) is 35.2 Å². The standard InChI is InChI=1S/C20H22N2O4S/c1-13(23)15-6-5-7-16(10-15)21-27(25,26)17-8-9-19-18(11-17)20(3,4)12-22(19)14(2)24/h5-11,21H,12H2,1-4H3. The summed E-state index contributed by atoms with van der Waals surface area (Å²) in [4.78, 5) is 25.2. The number of Topliss-reactive ketones (excluding diaryl/α,β-unsaturated/α-hetero) is 1. The Kier molecular flexibility index (Phi) is 4.59. The molecule has 0 spiro atoms. The van der Waals surface area contributed by atoms with E-state index >= 15 is 0 Å². The molecule has 2 aromatic carbocycles. The monoisotopic (exact) mass is 386 g/mol. The van der Waals surface area contributed by atoms with Crippen molar-refractivity contribution in [1.82, 2.24) is 0 Å². The number of carbonyl (C=O) groups is 2. The first-order valence-electron chi connectivity index (χ1n) is 8.58. The average molecular weight is 386 g/mol. The van der Waals surface area contributed by atoms with Gasteiger partial charge in [-0.05, 0) is 42.8 Å². The molecule has 0 bridgehead atoms. The summed E-state index contributed by atoms with van der Waals surface area (Å²) in [7, 11) is -3.83. The van der Waals surface area contributed by atoms with Crippen LogP contribution in [0.5, 0.6) is 0 Å². The van der Waals surface area contributed by atoms with E-state index in [0.717, 1.165) is 11.3 Å². The van der Waals surface area contributed by atoms with Crippen LogP contribution in [0.1, 0.15) is 43.6 Å². The number of hydrogen-bond donors (Lipinski definition) is 1. The second kappa shape index (κ2) is 6.49. The molecule has 6 nitrogen and oxygen atoms in total. The van der Waals surface area contributed by atoms with Crippen LogP contribution in [0.4, 0.5) is 11.4 Å². The first-order valence-corrected chi connectivity index (χ1v) is 10.1. The maximum atomic E-state index is 12.8. The van der Waals surface area contributed by atoms with Gasteiger partial charge in [-0.1, -0.05) is 26.0 Å². The number of nitrogens with one attached hydrogen (secondary N) is 1. The number of benzene rings is 2. The normalized spacial score (nSPS) is 15.3. The van der Waals surface area contributed by atoms with Gasteiger partial charge in [0.25, 0.3) is 10.0 Å². The van der Waals surface area contributed by atoms with Gasteiger partial charge >= 0.3 is 0 Å². The fourth-order valence-electron chi connectivity index (χ4n) is 3.32. The van der Waals surface area contributed by atoms with Crippen molar-refractivity contribution < 1.29 is 18.0 Å². The van der Waals surface area contributed by atoms with E-state index in [0.29, 0.717) is 17.8 Å². The highest BCUT2D eigenvalue weighted by molar-refractivity contribution is 7.92. The Balaban J connectivity index is 1.98. The molecule has 0 fully saturated rings. The smallest absolute Gasteiger partial charge is 0.261 e. The van der Waals surface area contributed by atoms with Crippen LogP contribution in [-0.4, -0.2) is 26.7 Å². The number of rotatable bonds is 4. The molecule has 7 heteroatoms. The Morgan fingerprint density at radius 2 is 1.78 bits per heavy atom. The van der Waals surface area contributed by atoms with Crippen molar-refractivity contribution in [2.24, 2.45) is 0 Å². The topological polar surface area (TPSA) is 83.6 Å². The van der Waals surface area contributed by atoms with Crippen LogP contribution in [0.2, 0.25) is 0 Å². The third kappa shape index (κ3) is 3.60. The summed E-state index contributed by atoms with van der Waals surface area (Å²) in [6.45, 7) is 7.40. The zero-order chi connectivity index (χ0) is 20.0. The van der Waals surface area contributed by atoms with E-state index in [4.69, 9.17) is 0 Å². The lowest BCUT2D eigenvalue weighted by atomic mass is 9.87. The largest absolute Gasteiger partial charge is 0.311 e. The van der Waals surface area contributed by atoms with Gasteiger partial charge in [0.05, 0.1) is 4.90 Å². The van der Waals surface area contributed by atoms with Crippen molar-refractivity contribution in [3.05, 3.63) is 53.6 Å². The molecular weight excluding hydrogens is 364 g/mol. The number of carbonyl (C=O) groups excluding carboxylic acids is 2. The van der Waals surface area contributed by atoms with Gasteiger partial charge < -0.3 is 4.90 Å². The van der Waals surface area contributed by atoms with Gasteiger partial charge in [-0.2, -0.15) is 0 Å². The molecule has 0 aliphatic carbocycles. The number of anilines is 2. The minimum absolute atomic E-state index is 0.0726. The SMILES string of the molecule is CC(=O)c1cccc(NS(=O)(=O)c2ccc3c(c2)C(C)(C)CN3C(C)=O)c1. The van der Waals surface area contributed by atoms with Crippen LogP contribution >= 0.6 is 0 Å². The van der Waals surface area contributed by atoms with Gasteiger partial charge in [-0.25, -0.2) is 8.42 Å². The van der Waals surface area contributed by atoms with Gasteiger partial charge in [0.15, 0.2) is 5.78 Å². The van der Waals surface area contributed by atoms with E-state index in [-0.39, 0.29) is 22.0 Å². The third-order valence-corrected chi connectivity index (χ3v) is 6.13. The lowest BCUT2D eigenvalue weighted by Crippen LogP contribution is -2.31. The summed E-state index contributed by atoms with van der Waals surface area (Å²) in [6, 6.07) is 11.2. The maximum absolute atomic E-state index is 12.8. The highest BCUT2D eigenvalue weighted by Gasteiger charge is 2.37. The van der Waals surface area contributed by atoms with Crippen molar-refractivity contribution in [3.8, 4) is 0 Å². The van der Waals surface area contributed by atoms with Crippen LogP contribution in [0.3, 0.4) is 0 Å². The number of fused-ring (bicyclic) bond motifs is 1. The molecule has 0 saturated carbocycles. The molecule has 0 unspecified atom stereocenters. The Morgan fingerprint density at radius 3 is 2.41 bits per heavy atom. The van der Waals surface area contributed by atoms with Crippen LogP contribution < -0.4 is 9.62 Å². The fraction of sp³-hybridized carbons (Fsp3) is 0.300. The fourth-order valence-corrected chi connectivity index (χ4v) is 4.40. The summed E-state index contributed by atoms with van der Waals surface area (Å²) in [6.07, 6.45) is 0. The molecule has 0 saturated heterocycles. The third-order valence-electron chi connectivity index (χ3n) is 4.75. The van der Waals surface area contributed by atoms with E-state index in [1.807, 2.05) is 13.8 Å². The summed E-state index contributed by atoms with van der Waals surface area (Å²) in [5.74, 6) is -0.212. The van der Waals surface area contributed by atoms with Gasteiger partial charge in [0.1, 0.15) is 0 Å². The van der Waals surface area contributed by atoms with Gasteiger partial charge in [-0.3, -0.25) is 14.3 Å². The summed E-state index contributed by atoms with van der Waals surface area (Å²) in [5.41, 5.74) is 1.97. The van der Waals surface area contributed by atoms with Gasteiger partial charge in [-0.15, -0.1) is 0 Å². The summed E-state index contributed by atoms with van der Waals surface area (Å²) < 4.78 is 28.2. The molecule has 27 heavy (non-hydrogen) atoms. The average Bonchev–Trinajstić information content (AvgIpc) is 2.86. The highest BCUT2D eigenvalue weighted by atomic mass is 32.2. The van der Waals surface area contributed by atoms with Crippen molar-refractivity contribution in [2.75, 3.05) is 16.2 Å². The number of amides is 1. The summed E-state index contributed by atoms with van der Waals surface area (Å²) >= 11 is 0. The first-order chi connectivity index (χ1) is 12.5. The second-order valence-electron chi connectivity index (χ2n) is 7.41.